The number of fused-ring (bicyclic) bond motifs is 1. The average molecular weight is 465 g/mol. The number of hydrogen-bond donors (Lipinski definition) is 0. The van der Waals surface area contributed by atoms with Gasteiger partial charge in [-0.1, -0.05) is 42.8 Å². The van der Waals surface area contributed by atoms with Crippen molar-refractivity contribution in [2.45, 2.75) is 51.4 Å². The van der Waals surface area contributed by atoms with Crippen molar-refractivity contribution in [2.75, 3.05) is 46.9 Å². The van der Waals surface area contributed by atoms with Gasteiger partial charge in [0, 0.05) is 32.6 Å². The molecule has 5 heteroatoms. The lowest BCUT2D eigenvalue weighted by Crippen LogP contribution is -2.48. The molecular formula is C29H40N2O3. The molecule has 4 rings (SSSR count). The summed E-state index contributed by atoms with van der Waals surface area (Å²) in [4.78, 5) is 17.5. The largest absolute Gasteiger partial charge is 0.496 e. The second kappa shape index (κ2) is 11.7. The maximum Gasteiger partial charge on any atom is 0.222 e. The summed E-state index contributed by atoms with van der Waals surface area (Å²) in [5, 5.41) is 0. The van der Waals surface area contributed by atoms with Crippen LogP contribution in [0.4, 0.5) is 0 Å². The molecular weight excluding hydrogens is 424 g/mol. The highest BCUT2D eigenvalue weighted by Gasteiger charge is 2.36. The highest BCUT2D eigenvalue weighted by Crippen LogP contribution is 2.38. The van der Waals surface area contributed by atoms with E-state index >= 15 is 0 Å². The molecule has 1 amide bonds. The van der Waals surface area contributed by atoms with Gasteiger partial charge in [-0.3, -0.25) is 4.79 Å². The van der Waals surface area contributed by atoms with Gasteiger partial charge in [-0.15, -0.1) is 0 Å². The lowest BCUT2D eigenvalue weighted by atomic mass is 9.73. The Kier molecular flexibility index (Phi) is 8.49. The molecule has 0 unspecified atom stereocenters. The molecule has 2 aliphatic heterocycles. The number of benzene rings is 2. The first kappa shape index (κ1) is 24.6. The molecule has 0 aromatic heterocycles. The van der Waals surface area contributed by atoms with Gasteiger partial charge >= 0.3 is 0 Å². The normalized spacial score (nSPS) is 19.4. The predicted octanol–water partition coefficient (Wildman–Crippen LogP) is 4.97. The maximum absolute atomic E-state index is 13.0. The molecule has 5 nitrogen and oxygen atoms in total. The highest BCUT2D eigenvalue weighted by molar-refractivity contribution is 5.76. The zero-order valence-electron chi connectivity index (χ0n) is 20.9. The SMILES string of the molecule is COc1ccccc1CCC(=O)N1CCC2(CCCCc3ccccc3OCCN(C)C2)CC1. The van der Waals surface area contributed by atoms with Crippen LogP contribution < -0.4 is 9.47 Å². The van der Waals surface area contributed by atoms with E-state index in [-0.39, 0.29) is 5.91 Å². The number of nitrogens with zero attached hydrogens (tertiary/aromatic N) is 2. The molecule has 0 radical (unpaired) electrons. The molecule has 1 fully saturated rings. The standard InChI is InChI=1S/C29H40N2O3/c1-30-21-22-34-27-13-6-4-9-24(27)11-7-8-16-29(23-30)17-19-31(20-18-29)28(32)15-14-25-10-3-5-12-26(25)33-2/h3-6,9-10,12-13H,7-8,11,14-23H2,1-2H3. The number of aryl methyl sites for hydroxylation is 2. The number of piperidine rings is 1. The third-order valence-electron chi connectivity index (χ3n) is 7.69. The van der Waals surface area contributed by atoms with Crippen LogP contribution in [0.5, 0.6) is 11.5 Å². The number of para-hydroxylation sites is 2. The molecule has 1 spiro atoms. The van der Waals surface area contributed by atoms with Gasteiger partial charge in [0.1, 0.15) is 18.1 Å². The van der Waals surface area contributed by atoms with E-state index in [1.165, 1.54) is 24.8 Å². The monoisotopic (exact) mass is 464 g/mol. The van der Waals surface area contributed by atoms with E-state index in [1.54, 1.807) is 7.11 Å². The lowest BCUT2D eigenvalue weighted by Gasteiger charge is -2.44. The van der Waals surface area contributed by atoms with Crippen LogP contribution in [0.2, 0.25) is 0 Å². The zero-order chi connectivity index (χ0) is 23.8. The van der Waals surface area contributed by atoms with E-state index in [0.29, 0.717) is 11.8 Å². The van der Waals surface area contributed by atoms with Crippen LogP contribution in [0, 0.1) is 5.41 Å². The summed E-state index contributed by atoms with van der Waals surface area (Å²) >= 11 is 0. The smallest absolute Gasteiger partial charge is 0.222 e. The van der Waals surface area contributed by atoms with Crippen LogP contribution >= 0.6 is 0 Å². The molecule has 0 atom stereocenters. The average Bonchev–Trinajstić information content (AvgIpc) is 2.86. The minimum Gasteiger partial charge on any atom is -0.496 e. The summed E-state index contributed by atoms with van der Waals surface area (Å²) in [6, 6.07) is 16.5. The van der Waals surface area contributed by atoms with E-state index in [2.05, 4.69) is 47.2 Å². The number of ether oxygens (including phenoxy) is 2. The quantitative estimate of drug-likeness (QED) is 0.640. The zero-order valence-corrected chi connectivity index (χ0v) is 20.9. The molecule has 0 saturated carbocycles. The molecule has 0 N–H and O–H groups in total. The first-order valence-corrected chi connectivity index (χ1v) is 12.9. The van der Waals surface area contributed by atoms with Gasteiger partial charge in [-0.25, -0.2) is 0 Å². The van der Waals surface area contributed by atoms with E-state index in [1.807, 2.05) is 18.2 Å². The van der Waals surface area contributed by atoms with Gasteiger partial charge in [-0.05, 0) is 74.2 Å². The fourth-order valence-corrected chi connectivity index (χ4v) is 5.66. The van der Waals surface area contributed by atoms with Crippen LogP contribution in [0.3, 0.4) is 0 Å². The van der Waals surface area contributed by atoms with E-state index in [9.17, 15) is 4.79 Å². The van der Waals surface area contributed by atoms with Crippen LogP contribution in [-0.4, -0.2) is 62.7 Å². The van der Waals surface area contributed by atoms with Crippen LogP contribution in [-0.2, 0) is 17.6 Å². The van der Waals surface area contributed by atoms with Crippen molar-refractivity contribution in [1.82, 2.24) is 9.80 Å². The summed E-state index contributed by atoms with van der Waals surface area (Å²) in [5.41, 5.74) is 2.74. The van der Waals surface area contributed by atoms with Gasteiger partial charge < -0.3 is 19.3 Å². The Bertz CT molecular complexity index is 936. The number of amides is 1. The van der Waals surface area contributed by atoms with Crippen molar-refractivity contribution in [3.05, 3.63) is 59.7 Å². The number of hydrogen-bond acceptors (Lipinski definition) is 4. The second-order valence-corrected chi connectivity index (χ2v) is 10.1. The Morgan fingerprint density at radius 1 is 1.00 bits per heavy atom. The van der Waals surface area contributed by atoms with Crippen molar-refractivity contribution in [3.63, 3.8) is 0 Å². The minimum absolute atomic E-state index is 0.271. The number of likely N-dealkylation sites (N-methyl/N-ethyl adjacent to an activating group) is 1. The second-order valence-electron chi connectivity index (χ2n) is 10.1. The van der Waals surface area contributed by atoms with Crippen molar-refractivity contribution in [3.8, 4) is 11.5 Å². The van der Waals surface area contributed by atoms with Gasteiger partial charge in [0.2, 0.25) is 5.91 Å². The number of likely N-dealkylation sites (tertiary alicyclic amines) is 1. The van der Waals surface area contributed by atoms with Gasteiger partial charge in [-0.2, -0.15) is 0 Å². The number of carbonyl (C=O) groups excluding carboxylic acids is 1. The summed E-state index contributed by atoms with van der Waals surface area (Å²) in [6.45, 7) is 4.48. The van der Waals surface area contributed by atoms with Crippen molar-refractivity contribution >= 4 is 5.91 Å². The Hall–Kier alpha value is -2.53. The lowest BCUT2D eigenvalue weighted by molar-refractivity contribution is -0.133. The van der Waals surface area contributed by atoms with Gasteiger partial charge in [0.15, 0.2) is 0 Å². The first-order valence-electron chi connectivity index (χ1n) is 12.9. The Morgan fingerprint density at radius 2 is 1.76 bits per heavy atom. The first-order chi connectivity index (χ1) is 16.6. The van der Waals surface area contributed by atoms with Crippen molar-refractivity contribution in [2.24, 2.45) is 5.41 Å². The highest BCUT2D eigenvalue weighted by atomic mass is 16.5. The fourth-order valence-electron chi connectivity index (χ4n) is 5.66. The van der Waals surface area contributed by atoms with Crippen molar-refractivity contribution < 1.29 is 14.3 Å². The van der Waals surface area contributed by atoms with E-state index < -0.39 is 0 Å². The summed E-state index contributed by atoms with van der Waals surface area (Å²) in [6.07, 6.45) is 8.19. The van der Waals surface area contributed by atoms with Crippen molar-refractivity contribution in [1.29, 1.82) is 0 Å². The molecule has 2 aromatic carbocycles. The molecule has 34 heavy (non-hydrogen) atoms. The minimum atomic E-state index is 0.271. The Morgan fingerprint density at radius 3 is 2.59 bits per heavy atom. The maximum atomic E-state index is 13.0. The number of methoxy groups -OCH3 is 1. The van der Waals surface area contributed by atoms with Gasteiger partial charge in [0.25, 0.3) is 0 Å². The topological polar surface area (TPSA) is 42.0 Å². The third kappa shape index (κ3) is 6.32. The number of carbonyl (C=O) groups is 1. The summed E-state index contributed by atoms with van der Waals surface area (Å²) in [5.74, 6) is 2.19. The molecule has 184 valence electrons. The molecule has 2 heterocycles. The summed E-state index contributed by atoms with van der Waals surface area (Å²) in [7, 11) is 3.91. The Balaban J connectivity index is 1.32. The third-order valence-corrected chi connectivity index (χ3v) is 7.69. The van der Waals surface area contributed by atoms with Crippen LogP contribution in [0.15, 0.2) is 48.5 Å². The van der Waals surface area contributed by atoms with Gasteiger partial charge in [0.05, 0.1) is 7.11 Å². The Labute approximate surface area is 205 Å². The summed E-state index contributed by atoms with van der Waals surface area (Å²) < 4.78 is 11.6. The van der Waals surface area contributed by atoms with Crippen LogP contribution in [0.25, 0.3) is 0 Å². The van der Waals surface area contributed by atoms with E-state index in [0.717, 1.165) is 75.5 Å². The molecule has 0 aliphatic carbocycles. The molecule has 2 aliphatic rings. The van der Waals surface area contributed by atoms with Crippen LogP contribution in [0.1, 0.15) is 49.7 Å². The number of rotatable bonds is 4. The van der Waals surface area contributed by atoms with E-state index in [4.69, 9.17) is 9.47 Å². The predicted molar refractivity (Wildman–Crippen MR) is 137 cm³/mol. The molecule has 2 aromatic rings. The fraction of sp³-hybridized carbons (Fsp3) is 0.552. The molecule has 1 saturated heterocycles. The molecule has 0 bridgehead atoms.